The van der Waals surface area contributed by atoms with Crippen LogP contribution in [0.5, 0.6) is 5.75 Å². The summed E-state index contributed by atoms with van der Waals surface area (Å²) in [7, 11) is 0. The molecule has 1 aliphatic carbocycles. The number of carboxylic acids is 1. The van der Waals surface area contributed by atoms with Crippen LogP contribution in [0, 0.1) is 5.92 Å². The van der Waals surface area contributed by atoms with Crippen molar-refractivity contribution in [2.45, 2.75) is 45.6 Å². The molecule has 0 spiro atoms. The molecule has 1 aromatic carbocycles. The van der Waals surface area contributed by atoms with Crippen LogP contribution in [-0.2, 0) is 20.7 Å². The molecule has 1 fully saturated rings. The van der Waals surface area contributed by atoms with Crippen LogP contribution in [0.3, 0.4) is 0 Å². The molecule has 0 saturated heterocycles. The summed E-state index contributed by atoms with van der Waals surface area (Å²) in [6, 6.07) is 7.28. The van der Waals surface area contributed by atoms with Gasteiger partial charge in [0.1, 0.15) is 12.4 Å². The monoisotopic (exact) mass is 393 g/mol. The Bertz CT molecular complexity index is 614. The Morgan fingerprint density at radius 1 is 1.18 bits per heavy atom. The maximum Gasteiger partial charge on any atom is 0.409 e. The van der Waals surface area contributed by atoms with Gasteiger partial charge in [-0.1, -0.05) is 19.1 Å². The van der Waals surface area contributed by atoms with Crippen LogP contribution >= 0.6 is 0 Å². The third-order valence-electron chi connectivity index (χ3n) is 4.48. The normalized spacial score (nSPS) is 14.4. The Morgan fingerprint density at radius 2 is 1.89 bits per heavy atom. The number of aliphatic carboxylic acids is 1. The van der Waals surface area contributed by atoms with Crippen molar-refractivity contribution < 1.29 is 28.9 Å². The van der Waals surface area contributed by atoms with Crippen LogP contribution in [0.1, 0.15) is 38.7 Å². The van der Waals surface area contributed by atoms with Crippen molar-refractivity contribution in [1.29, 1.82) is 0 Å². The first-order chi connectivity index (χ1) is 13.5. The van der Waals surface area contributed by atoms with E-state index in [9.17, 15) is 9.59 Å². The molecule has 0 aromatic heterocycles. The summed E-state index contributed by atoms with van der Waals surface area (Å²) >= 11 is 0. The van der Waals surface area contributed by atoms with E-state index < -0.39 is 12.1 Å². The molecule has 0 radical (unpaired) electrons. The molecule has 1 aromatic rings. The fourth-order valence-corrected chi connectivity index (χ4v) is 2.78. The highest BCUT2D eigenvalue weighted by atomic mass is 16.6. The van der Waals surface area contributed by atoms with Gasteiger partial charge < -0.3 is 24.2 Å². The number of benzene rings is 1. The second-order valence-corrected chi connectivity index (χ2v) is 6.98. The third-order valence-corrected chi connectivity index (χ3v) is 4.48. The SMILES string of the molecule is CCCOC(=O)N(CCOc1ccc(CC(OCC)C(=O)O)cc1)CC1CC1. The first kappa shape index (κ1) is 22.0. The second kappa shape index (κ2) is 11.5. The number of amides is 1. The van der Waals surface area contributed by atoms with Gasteiger partial charge >= 0.3 is 12.1 Å². The predicted octanol–water partition coefficient (Wildman–Crippen LogP) is 3.36. The molecule has 2 rings (SSSR count). The molecule has 0 aliphatic heterocycles. The van der Waals surface area contributed by atoms with Gasteiger partial charge in [0.2, 0.25) is 0 Å². The highest BCUT2D eigenvalue weighted by Crippen LogP contribution is 2.29. The Hall–Kier alpha value is -2.28. The average molecular weight is 393 g/mol. The molecule has 156 valence electrons. The topological polar surface area (TPSA) is 85.3 Å². The third kappa shape index (κ3) is 7.76. The number of carbonyl (C=O) groups is 2. The van der Waals surface area contributed by atoms with Gasteiger partial charge in [-0.05, 0) is 49.8 Å². The zero-order valence-electron chi connectivity index (χ0n) is 16.8. The second-order valence-electron chi connectivity index (χ2n) is 6.98. The van der Waals surface area contributed by atoms with Crippen molar-refractivity contribution in [3.8, 4) is 5.75 Å². The largest absolute Gasteiger partial charge is 0.492 e. The minimum absolute atomic E-state index is 0.275. The number of rotatable bonds is 13. The maximum absolute atomic E-state index is 12.2. The molecular weight excluding hydrogens is 362 g/mol. The van der Waals surface area contributed by atoms with Gasteiger partial charge in [0.05, 0.1) is 13.2 Å². The summed E-state index contributed by atoms with van der Waals surface area (Å²) in [6.07, 6.45) is 2.32. The van der Waals surface area contributed by atoms with Crippen molar-refractivity contribution in [2.75, 3.05) is 32.9 Å². The molecule has 28 heavy (non-hydrogen) atoms. The van der Waals surface area contributed by atoms with Gasteiger partial charge in [-0.15, -0.1) is 0 Å². The average Bonchev–Trinajstić information content (AvgIpc) is 3.50. The standard InChI is InChI=1S/C21H31NO6/c1-3-12-28-21(25)22(15-17-5-6-17)11-13-27-18-9-7-16(8-10-18)14-19(20(23)24)26-4-2/h7-10,17,19H,3-6,11-15H2,1-2H3,(H,23,24). The Labute approximate surface area is 166 Å². The van der Waals surface area contributed by atoms with E-state index in [4.69, 9.17) is 19.3 Å². The van der Waals surface area contributed by atoms with Crippen LogP contribution < -0.4 is 4.74 Å². The van der Waals surface area contributed by atoms with Crippen molar-refractivity contribution in [3.05, 3.63) is 29.8 Å². The Kier molecular flexibility index (Phi) is 9.07. The molecule has 1 N–H and O–H groups in total. The van der Waals surface area contributed by atoms with Crippen LogP contribution in [0.25, 0.3) is 0 Å². The van der Waals surface area contributed by atoms with E-state index in [1.807, 2.05) is 19.1 Å². The molecule has 7 heteroatoms. The molecule has 1 aliphatic rings. The zero-order valence-corrected chi connectivity index (χ0v) is 16.8. The molecule has 1 amide bonds. The molecule has 0 heterocycles. The summed E-state index contributed by atoms with van der Waals surface area (Å²) < 4.78 is 16.2. The Balaban J connectivity index is 1.80. The predicted molar refractivity (Wildman–Crippen MR) is 105 cm³/mol. The molecule has 1 unspecified atom stereocenters. The van der Waals surface area contributed by atoms with E-state index in [-0.39, 0.29) is 6.09 Å². The van der Waals surface area contributed by atoms with Crippen LogP contribution in [0.15, 0.2) is 24.3 Å². The lowest BCUT2D eigenvalue weighted by atomic mass is 10.1. The highest BCUT2D eigenvalue weighted by Gasteiger charge is 2.27. The first-order valence-corrected chi connectivity index (χ1v) is 10.0. The van der Waals surface area contributed by atoms with Gasteiger partial charge in [-0.25, -0.2) is 9.59 Å². The lowest BCUT2D eigenvalue weighted by Crippen LogP contribution is -2.36. The van der Waals surface area contributed by atoms with Gasteiger partial charge in [0, 0.05) is 19.6 Å². The van der Waals surface area contributed by atoms with Gasteiger partial charge in [0.25, 0.3) is 0 Å². The summed E-state index contributed by atoms with van der Waals surface area (Å²) in [5.74, 6) is 0.300. The fourth-order valence-electron chi connectivity index (χ4n) is 2.78. The van der Waals surface area contributed by atoms with Crippen molar-refractivity contribution in [1.82, 2.24) is 4.90 Å². The first-order valence-electron chi connectivity index (χ1n) is 10.0. The van der Waals surface area contributed by atoms with E-state index in [2.05, 4.69) is 0 Å². The highest BCUT2D eigenvalue weighted by molar-refractivity contribution is 5.72. The van der Waals surface area contributed by atoms with E-state index in [1.54, 1.807) is 24.0 Å². The van der Waals surface area contributed by atoms with E-state index in [0.717, 1.165) is 18.5 Å². The molecular formula is C21H31NO6. The number of nitrogens with zero attached hydrogens (tertiary/aromatic N) is 1. The van der Waals surface area contributed by atoms with Crippen molar-refractivity contribution in [2.24, 2.45) is 5.92 Å². The zero-order chi connectivity index (χ0) is 20.4. The van der Waals surface area contributed by atoms with Crippen LogP contribution in [0.2, 0.25) is 0 Å². The number of carboxylic acid groups (broad SMARTS) is 1. The summed E-state index contributed by atoms with van der Waals surface area (Å²) in [4.78, 5) is 25.1. The van der Waals surface area contributed by atoms with Gasteiger partial charge in [-0.3, -0.25) is 0 Å². The molecule has 1 saturated carbocycles. The summed E-state index contributed by atoms with van der Waals surface area (Å²) in [5.41, 5.74) is 0.867. The number of hydrogen-bond acceptors (Lipinski definition) is 5. The molecule has 0 bridgehead atoms. The Morgan fingerprint density at radius 3 is 2.46 bits per heavy atom. The van der Waals surface area contributed by atoms with Crippen LogP contribution in [0.4, 0.5) is 4.79 Å². The quantitative estimate of drug-likeness (QED) is 0.553. The molecule has 7 nitrogen and oxygen atoms in total. The van der Waals surface area contributed by atoms with Crippen molar-refractivity contribution in [3.63, 3.8) is 0 Å². The lowest BCUT2D eigenvalue weighted by molar-refractivity contribution is -0.149. The van der Waals surface area contributed by atoms with Gasteiger partial charge in [0.15, 0.2) is 6.10 Å². The fraction of sp³-hybridized carbons (Fsp3) is 0.619. The maximum atomic E-state index is 12.2. The van der Waals surface area contributed by atoms with Crippen molar-refractivity contribution >= 4 is 12.1 Å². The summed E-state index contributed by atoms with van der Waals surface area (Å²) in [5, 5.41) is 9.16. The molecule has 1 atom stereocenters. The number of carbonyl (C=O) groups excluding carboxylic acids is 1. The number of ether oxygens (including phenoxy) is 3. The lowest BCUT2D eigenvalue weighted by Gasteiger charge is -2.22. The van der Waals surface area contributed by atoms with E-state index >= 15 is 0 Å². The van der Waals surface area contributed by atoms with E-state index in [1.165, 1.54) is 12.8 Å². The number of hydrogen-bond donors (Lipinski definition) is 1. The minimum Gasteiger partial charge on any atom is -0.492 e. The van der Waals surface area contributed by atoms with Gasteiger partial charge in [-0.2, -0.15) is 0 Å². The summed E-state index contributed by atoms with van der Waals surface area (Å²) in [6.45, 7) is 6.11. The van der Waals surface area contributed by atoms with Crippen LogP contribution in [-0.4, -0.2) is 61.1 Å². The smallest absolute Gasteiger partial charge is 0.409 e. The van der Waals surface area contributed by atoms with E-state index in [0.29, 0.717) is 44.5 Å². The minimum atomic E-state index is -0.965.